The highest BCUT2D eigenvalue weighted by atomic mass is 16.6. The summed E-state index contributed by atoms with van der Waals surface area (Å²) < 4.78 is 5.29. The molecule has 2 aliphatic rings. The third kappa shape index (κ3) is 3.04. The number of hydrogen-bond donors (Lipinski definition) is 3. The normalized spacial score (nSPS) is 18.1. The van der Waals surface area contributed by atoms with Gasteiger partial charge < -0.3 is 26.1 Å². The summed E-state index contributed by atoms with van der Waals surface area (Å²) in [6.45, 7) is 0. The Bertz CT molecular complexity index is 975. The molecule has 1 saturated carbocycles. The van der Waals surface area contributed by atoms with E-state index in [4.69, 9.17) is 15.9 Å². The zero-order valence-electron chi connectivity index (χ0n) is 15.2. The molecule has 28 heavy (non-hydrogen) atoms. The Morgan fingerprint density at radius 3 is 2.64 bits per heavy atom. The molecule has 2 heterocycles. The molecule has 0 spiro atoms. The molecule has 9 heteroatoms. The predicted molar refractivity (Wildman–Crippen MR) is 106 cm³/mol. The number of nitrogens with two attached hydrogens (primary N) is 2. The second kappa shape index (κ2) is 6.91. The molecule has 1 aromatic heterocycles. The van der Waals surface area contributed by atoms with Crippen LogP contribution in [0.1, 0.15) is 48.2 Å². The van der Waals surface area contributed by atoms with Gasteiger partial charge in [-0.2, -0.15) is 0 Å². The number of fused-ring (bicyclic) bond motifs is 1. The lowest BCUT2D eigenvalue weighted by Crippen LogP contribution is -2.35. The number of hydrogen-bond acceptors (Lipinski definition) is 7. The summed E-state index contributed by atoms with van der Waals surface area (Å²) in [4.78, 5) is 24.1. The molecule has 1 fully saturated rings. The number of furan rings is 1. The molecule has 0 unspecified atom stereocenters. The molecule has 1 aliphatic carbocycles. The maximum atomic E-state index is 11.7. The van der Waals surface area contributed by atoms with Crippen LogP contribution in [-0.4, -0.2) is 16.9 Å². The lowest BCUT2D eigenvalue weighted by atomic mass is 9.94. The van der Waals surface area contributed by atoms with Crippen LogP contribution in [-0.2, 0) is 0 Å². The molecule has 1 aliphatic heterocycles. The topological polar surface area (TPSA) is 141 Å². The Morgan fingerprint density at radius 2 is 2.00 bits per heavy atom. The fraction of sp³-hybridized carbons (Fsp3) is 0.316. The summed E-state index contributed by atoms with van der Waals surface area (Å²) in [7, 11) is 0. The van der Waals surface area contributed by atoms with Crippen LogP contribution < -0.4 is 21.7 Å². The fourth-order valence-corrected chi connectivity index (χ4v) is 3.96. The minimum atomic E-state index is -0.592. The van der Waals surface area contributed by atoms with Crippen LogP contribution in [0.15, 0.2) is 34.5 Å². The van der Waals surface area contributed by atoms with Crippen molar-refractivity contribution in [2.45, 2.75) is 38.1 Å². The summed E-state index contributed by atoms with van der Waals surface area (Å²) in [6, 6.07) is 6.59. The molecule has 5 N–H and O–H groups in total. The van der Waals surface area contributed by atoms with E-state index in [1.165, 1.54) is 12.5 Å². The number of nitrogen functional groups attached to an aromatic ring is 1. The predicted octanol–water partition coefficient (Wildman–Crippen LogP) is 3.43. The number of primary amides is 1. The second-order valence-corrected chi connectivity index (χ2v) is 7.03. The van der Waals surface area contributed by atoms with Crippen molar-refractivity contribution < 1.29 is 14.1 Å². The van der Waals surface area contributed by atoms with E-state index < -0.39 is 10.8 Å². The number of benzene rings is 1. The number of nitrogens with zero attached hydrogens (tertiary/aromatic N) is 2. The third-order valence-corrected chi connectivity index (χ3v) is 5.27. The number of carbonyl (C=O) groups excluding carboxylic acids is 1. The third-order valence-electron chi connectivity index (χ3n) is 5.27. The fourth-order valence-electron chi connectivity index (χ4n) is 3.96. The number of anilines is 3. The smallest absolute Gasteiger partial charge is 0.401 e. The molecule has 4 rings (SSSR count). The van der Waals surface area contributed by atoms with Crippen molar-refractivity contribution in [3.63, 3.8) is 0 Å². The largest absolute Gasteiger partial charge is 0.433 e. The van der Waals surface area contributed by atoms with Crippen LogP contribution in [0.3, 0.4) is 0 Å². The minimum absolute atomic E-state index is 0.254. The van der Waals surface area contributed by atoms with E-state index in [0.717, 1.165) is 31.4 Å². The van der Waals surface area contributed by atoms with Crippen molar-refractivity contribution in [1.29, 1.82) is 0 Å². The van der Waals surface area contributed by atoms with Crippen LogP contribution in [0.2, 0.25) is 0 Å². The van der Waals surface area contributed by atoms with Crippen LogP contribution in [0.5, 0.6) is 0 Å². The Kier molecular flexibility index (Phi) is 4.42. The first-order valence-corrected chi connectivity index (χ1v) is 9.20. The van der Waals surface area contributed by atoms with Gasteiger partial charge in [0.25, 0.3) is 5.91 Å². The molecule has 1 amide bonds. The van der Waals surface area contributed by atoms with Crippen LogP contribution in [0.25, 0.3) is 6.08 Å². The Labute approximate surface area is 161 Å². The summed E-state index contributed by atoms with van der Waals surface area (Å²) in [5.41, 5.74) is 13.6. The van der Waals surface area contributed by atoms with Gasteiger partial charge in [-0.05, 0) is 31.0 Å². The van der Waals surface area contributed by atoms with E-state index in [1.54, 1.807) is 18.2 Å². The molecule has 0 bridgehead atoms. The van der Waals surface area contributed by atoms with E-state index in [2.05, 4.69) is 10.2 Å². The molecule has 9 nitrogen and oxygen atoms in total. The van der Waals surface area contributed by atoms with Gasteiger partial charge in [-0.3, -0.25) is 14.9 Å². The van der Waals surface area contributed by atoms with Crippen molar-refractivity contribution in [2.24, 2.45) is 5.73 Å². The Morgan fingerprint density at radius 1 is 1.25 bits per heavy atom. The Balaban J connectivity index is 1.77. The zero-order valence-corrected chi connectivity index (χ0v) is 15.2. The van der Waals surface area contributed by atoms with Crippen molar-refractivity contribution in [1.82, 2.24) is 0 Å². The highest BCUT2D eigenvalue weighted by Gasteiger charge is 2.33. The number of carbonyl (C=O) groups is 1. The van der Waals surface area contributed by atoms with Gasteiger partial charge in [0.2, 0.25) is 0 Å². The average molecular weight is 383 g/mol. The molecule has 0 atom stereocenters. The quantitative estimate of drug-likeness (QED) is 0.417. The van der Waals surface area contributed by atoms with Crippen LogP contribution >= 0.6 is 0 Å². The lowest BCUT2D eigenvalue weighted by molar-refractivity contribution is -0.402. The van der Waals surface area contributed by atoms with Crippen molar-refractivity contribution >= 4 is 34.9 Å². The van der Waals surface area contributed by atoms with Gasteiger partial charge in [0.1, 0.15) is 16.5 Å². The SMILES string of the molecule is NC(=O)c1ccc2c(c1N)NC(=Cc1ccc([N+](=O)[O-])o1)N2C1CCCCC1. The number of nitrogens with one attached hydrogen (secondary N) is 1. The van der Waals surface area contributed by atoms with Gasteiger partial charge in [-0.15, -0.1) is 0 Å². The summed E-state index contributed by atoms with van der Waals surface area (Å²) in [5.74, 6) is 0.156. The van der Waals surface area contributed by atoms with Gasteiger partial charge in [0.15, 0.2) is 0 Å². The first-order valence-electron chi connectivity index (χ1n) is 9.20. The van der Waals surface area contributed by atoms with Crippen molar-refractivity contribution in [2.75, 3.05) is 16.0 Å². The maximum absolute atomic E-state index is 11.7. The molecule has 0 radical (unpaired) electrons. The maximum Gasteiger partial charge on any atom is 0.433 e. The molecular formula is C19H21N5O4. The lowest BCUT2D eigenvalue weighted by Gasteiger charge is -2.33. The molecule has 0 saturated heterocycles. The van der Waals surface area contributed by atoms with Gasteiger partial charge in [-0.25, -0.2) is 0 Å². The van der Waals surface area contributed by atoms with Crippen LogP contribution in [0, 0.1) is 10.1 Å². The first-order chi connectivity index (χ1) is 13.5. The van der Waals surface area contributed by atoms with E-state index in [1.807, 2.05) is 6.07 Å². The van der Waals surface area contributed by atoms with E-state index in [-0.39, 0.29) is 17.5 Å². The van der Waals surface area contributed by atoms with Gasteiger partial charge in [-0.1, -0.05) is 19.3 Å². The van der Waals surface area contributed by atoms with Crippen molar-refractivity contribution in [3.05, 3.63) is 51.5 Å². The standard InChI is InChI=1S/C19H21N5O4/c20-17-13(19(21)25)7-8-14-18(17)22-15(23(14)11-4-2-1-3-5-11)10-12-6-9-16(28-12)24(26)27/h6-11,22H,1-5,20H2,(H2,21,25). The highest BCUT2D eigenvalue weighted by Crippen LogP contribution is 2.45. The number of nitro groups is 1. The molecule has 1 aromatic carbocycles. The number of amides is 1. The second-order valence-electron chi connectivity index (χ2n) is 7.03. The van der Waals surface area contributed by atoms with Crippen LogP contribution in [0.4, 0.5) is 22.9 Å². The summed E-state index contributed by atoms with van der Waals surface area (Å²) in [5, 5.41) is 14.1. The van der Waals surface area contributed by atoms with E-state index >= 15 is 0 Å². The van der Waals surface area contributed by atoms with E-state index in [0.29, 0.717) is 23.0 Å². The van der Waals surface area contributed by atoms with Gasteiger partial charge in [0.05, 0.1) is 28.7 Å². The number of rotatable bonds is 4. The highest BCUT2D eigenvalue weighted by molar-refractivity contribution is 6.05. The Hall–Kier alpha value is -3.49. The van der Waals surface area contributed by atoms with Crippen molar-refractivity contribution in [3.8, 4) is 0 Å². The molecule has 146 valence electrons. The van der Waals surface area contributed by atoms with Gasteiger partial charge >= 0.3 is 5.88 Å². The minimum Gasteiger partial charge on any atom is -0.401 e. The summed E-state index contributed by atoms with van der Waals surface area (Å²) >= 11 is 0. The van der Waals surface area contributed by atoms with Gasteiger partial charge in [0, 0.05) is 12.1 Å². The summed E-state index contributed by atoms with van der Waals surface area (Å²) in [6.07, 6.45) is 7.22. The van der Waals surface area contributed by atoms with E-state index in [9.17, 15) is 14.9 Å². The average Bonchev–Trinajstić information content (AvgIpc) is 3.28. The zero-order chi connectivity index (χ0) is 19.8. The molecule has 2 aromatic rings. The first kappa shape index (κ1) is 17.9. The monoisotopic (exact) mass is 383 g/mol. The molecular weight excluding hydrogens is 362 g/mol.